The summed E-state index contributed by atoms with van der Waals surface area (Å²) < 4.78 is 27.9. The molecule has 0 bridgehead atoms. The number of fused-ring (bicyclic) bond motifs is 1. The fourth-order valence-electron chi connectivity index (χ4n) is 5.23. The van der Waals surface area contributed by atoms with Crippen LogP contribution >= 0.6 is 0 Å². The predicted octanol–water partition coefficient (Wildman–Crippen LogP) is 8.35. The van der Waals surface area contributed by atoms with Crippen LogP contribution in [-0.2, 0) is 6.42 Å². The van der Waals surface area contributed by atoms with E-state index < -0.39 is 0 Å². The predicted molar refractivity (Wildman–Crippen MR) is 118 cm³/mol. The van der Waals surface area contributed by atoms with Crippen LogP contribution in [0, 0.1) is 23.5 Å². The van der Waals surface area contributed by atoms with Gasteiger partial charge in [-0.2, -0.15) is 0 Å². The highest BCUT2D eigenvalue weighted by molar-refractivity contribution is 5.70. The van der Waals surface area contributed by atoms with Crippen molar-refractivity contribution in [3.05, 3.63) is 64.7 Å². The van der Waals surface area contributed by atoms with Gasteiger partial charge in [0.1, 0.15) is 11.6 Å². The maximum absolute atomic E-state index is 14.7. The van der Waals surface area contributed by atoms with E-state index in [4.69, 9.17) is 0 Å². The first-order chi connectivity index (χ1) is 14.1. The second-order valence-electron chi connectivity index (χ2n) is 9.05. The van der Waals surface area contributed by atoms with Crippen molar-refractivity contribution in [3.8, 4) is 11.1 Å². The van der Waals surface area contributed by atoms with Crippen molar-refractivity contribution in [1.82, 2.24) is 0 Å². The summed E-state index contributed by atoms with van der Waals surface area (Å²) in [6, 6.07) is 9.71. The molecule has 1 saturated carbocycles. The normalized spacial score (nSPS) is 21.6. The molecular formula is C27H32F2. The zero-order valence-electron chi connectivity index (χ0n) is 17.5. The Hall–Kier alpha value is -1.96. The fraction of sp³-hybridized carbons (Fsp3) is 0.481. The average molecular weight is 395 g/mol. The molecular weight excluding hydrogens is 362 g/mol. The molecule has 0 saturated heterocycles. The van der Waals surface area contributed by atoms with Gasteiger partial charge in [0.25, 0.3) is 0 Å². The minimum absolute atomic E-state index is 0.220. The monoisotopic (exact) mass is 394 g/mol. The molecule has 0 N–H and O–H groups in total. The van der Waals surface area contributed by atoms with Gasteiger partial charge in [0.05, 0.1) is 0 Å². The van der Waals surface area contributed by atoms with Gasteiger partial charge < -0.3 is 0 Å². The molecule has 2 aliphatic carbocycles. The van der Waals surface area contributed by atoms with Crippen LogP contribution in [0.25, 0.3) is 17.2 Å². The van der Waals surface area contributed by atoms with E-state index in [9.17, 15) is 8.78 Å². The van der Waals surface area contributed by atoms with E-state index in [1.54, 1.807) is 18.2 Å². The van der Waals surface area contributed by atoms with Crippen LogP contribution in [-0.4, -0.2) is 0 Å². The highest BCUT2D eigenvalue weighted by atomic mass is 19.1. The van der Waals surface area contributed by atoms with Crippen molar-refractivity contribution >= 4 is 6.08 Å². The Balaban J connectivity index is 1.40. The molecule has 0 spiro atoms. The first-order valence-corrected chi connectivity index (χ1v) is 11.4. The molecule has 2 aromatic carbocycles. The molecule has 2 heteroatoms. The molecule has 154 valence electrons. The summed E-state index contributed by atoms with van der Waals surface area (Å²) in [6.07, 6.45) is 15.1. The fourth-order valence-corrected chi connectivity index (χ4v) is 5.23. The van der Waals surface area contributed by atoms with E-state index in [2.05, 4.69) is 13.0 Å². The average Bonchev–Trinajstić information content (AvgIpc) is 2.73. The molecule has 0 heterocycles. The molecule has 4 rings (SSSR count). The molecule has 0 amide bonds. The Morgan fingerprint density at radius 1 is 0.862 bits per heavy atom. The molecule has 0 nitrogen and oxygen atoms in total. The first-order valence-electron chi connectivity index (χ1n) is 11.4. The zero-order valence-corrected chi connectivity index (χ0v) is 17.5. The van der Waals surface area contributed by atoms with E-state index in [0.717, 1.165) is 42.2 Å². The summed E-state index contributed by atoms with van der Waals surface area (Å²) in [6.45, 7) is 2.30. The minimum atomic E-state index is -0.293. The summed E-state index contributed by atoms with van der Waals surface area (Å²) >= 11 is 0. The number of rotatable bonds is 6. The number of hydrogen-bond acceptors (Lipinski definition) is 0. The lowest BCUT2D eigenvalue weighted by Gasteiger charge is -2.29. The number of aryl methyl sites for hydroxylation is 1. The summed E-state index contributed by atoms with van der Waals surface area (Å²) in [5.41, 5.74) is 5.02. The highest BCUT2D eigenvalue weighted by Gasteiger charge is 2.21. The smallest absolute Gasteiger partial charge is 0.131 e. The Kier molecular flexibility index (Phi) is 6.47. The Morgan fingerprint density at radius 3 is 2.24 bits per heavy atom. The molecule has 0 unspecified atom stereocenters. The van der Waals surface area contributed by atoms with E-state index in [1.807, 2.05) is 6.07 Å². The van der Waals surface area contributed by atoms with Crippen molar-refractivity contribution in [2.24, 2.45) is 11.8 Å². The molecule has 0 atom stereocenters. The van der Waals surface area contributed by atoms with Gasteiger partial charge in [-0.3, -0.25) is 0 Å². The van der Waals surface area contributed by atoms with Crippen LogP contribution in [0.5, 0.6) is 0 Å². The van der Waals surface area contributed by atoms with Gasteiger partial charge in [0, 0.05) is 5.56 Å². The van der Waals surface area contributed by atoms with Crippen molar-refractivity contribution < 1.29 is 8.78 Å². The Morgan fingerprint density at radius 2 is 1.55 bits per heavy atom. The molecule has 2 aliphatic rings. The van der Waals surface area contributed by atoms with E-state index in [0.29, 0.717) is 5.56 Å². The molecule has 29 heavy (non-hydrogen) atoms. The van der Waals surface area contributed by atoms with Gasteiger partial charge >= 0.3 is 0 Å². The first kappa shape index (κ1) is 20.3. The maximum atomic E-state index is 14.7. The lowest BCUT2D eigenvalue weighted by Crippen LogP contribution is -2.14. The van der Waals surface area contributed by atoms with Crippen molar-refractivity contribution in [2.45, 2.75) is 71.1 Å². The molecule has 0 radical (unpaired) electrons. The van der Waals surface area contributed by atoms with E-state index >= 15 is 0 Å². The van der Waals surface area contributed by atoms with E-state index in [1.165, 1.54) is 68.2 Å². The quantitative estimate of drug-likeness (QED) is 0.462. The summed E-state index contributed by atoms with van der Waals surface area (Å²) in [7, 11) is 0. The number of allylic oxidation sites excluding steroid dienone is 1. The lowest BCUT2D eigenvalue weighted by molar-refractivity contribution is 0.252. The van der Waals surface area contributed by atoms with Crippen molar-refractivity contribution in [1.29, 1.82) is 0 Å². The van der Waals surface area contributed by atoms with Gasteiger partial charge in [0.2, 0.25) is 0 Å². The van der Waals surface area contributed by atoms with Gasteiger partial charge in [0.15, 0.2) is 0 Å². The van der Waals surface area contributed by atoms with Crippen LogP contribution in [0.1, 0.15) is 75.8 Å². The third kappa shape index (κ3) is 4.97. The van der Waals surface area contributed by atoms with Gasteiger partial charge in [-0.05, 0) is 78.5 Å². The summed E-state index contributed by atoms with van der Waals surface area (Å²) in [4.78, 5) is 0. The lowest BCUT2D eigenvalue weighted by atomic mass is 9.77. The van der Waals surface area contributed by atoms with Crippen LogP contribution < -0.4 is 0 Å². The summed E-state index contributed by atoms with van der Waals surface area (Å²) in [5.74, 6) is 1.33. The number of halogens is 2. The highest BCUT2D eigenvalue weighted by Crippen LogP contribution is 2.37. The zero-order chi connectivity index (χ0) is 20.2. The van der Waals surface area contributed by atoms with Crippen LogP contribution in [0.3, 0.4) is 0 Å². The SMILES string of the molecule is CCCC1CCC(CCC2=Cc3cc(F)c(-c4ccc(F)cc4)cc3CC2)CC1. The van der Waals surface area contributed by atoms with Crippen molar-refractivity contribution in [3.63, 3.8) is 0 Å². The van der Waals surface area contributed by atoms with E-state index in [-0.39, 0.29) is 11.6 Å². The molecule has 1 fully saturated rings. The van der Waals surface area contributed by atoms with Gasteiger partial charge in [-0.1, -0.05) is 69.2 Å². The second kappa shape index (κ2) is 9.24. The molecule has 0 aromatic heterocycles. The summed E-state index contributed by atoms with van der Waals surface area (Å²) in [5, 5.41) is 0. The molecule has 2 aromatic rings. The van der Waals surface area contributed by atoms with Crippen molar-refractivity contribution in [2.75, 3.05) is 0 Å². The van der Waals surface area contributed by atoms with Gasteiger partial charge in [-0.15, -0.1) is 0 Å². The largest absolute Gasteiger partial charge is 0.207 e. The van der Waals surface area contributed by atoms with Crippen LogP contribution in [0.2, 0.25) is 0 Å². The maximum Gasteiger partial charge on any atom is 0.131 e. The Bertz CT molecular complexity index is 855. The third-order valence-corrected chi connectivity index (χ3v) is 7.00. The minimum Gasteiger partial charge on any atom is -0.207 e. The van der Waals surface area contributed by atoms with Gasteiger partial charge in [-0.25, -0.2) is 8.78 Å². The number of hydrogen-bond donors (Lipinski definition) is 0. The standard InChI is InChI=1S/C27H32F2/c1-2-3-19-4-6-20(7-5-19)8-9-21-10-11-23-17-26(27(29)18-24(23)16-21)22-12-14-25(28)15-13-22/h12-20H,2-11H2,1H3. The molecule has 0 aliphatic heterocycles. The topological polar surface area (TPSA) is 0 Å². The van der Waals surface area contributed by atoms with Crippen LogP contribution in [0.15, 0.2) is 42.0 Å². The second-order valence-corrected chi connectivity index (χ2v) is 9.05. The van der Waals surface area contributed by atoms with Crippen LogP contribution in [0.4, 0.5) is 8.78 Å². The Labute approximate surface area is 174 Å². The third-order valence-electron chi connectivity index (χ3n) is 7.00. The number of benzene rings is 2.